The molecule has 0 radical (unpaired) electrons. The van der Waals surface area contributed by atoms with E-state index in [1.807, 2.05) is 18.5 Å². The molecule has 2 fully saturated rings. The first-order valence-electron chi connectivity index (χ1n) is 10.2. The molecule has 1 unspecified atom stereocenters. The van der Waals surface area contributed by atoms with E-state index in [1.165, 1.54) is 18.4 Å². The number of aromatic amines is 1. The van der Waals surface area contributed by atoms with Gasteiger partial charge in [0.05, 0.1) is 24.2 Å². The summed E-state index contributed by atoms with van der Waals surface area (Å²) in [4.78, 5) is 22.2. The van der Waals surface area contributed by atoms with Gasteiger partial charge in [-0.1, -0.05) is 12.1 Å². The molecule has 2 aromatic heterocycles. The lowest BCUT2D eigenvalue weighted by atomic mass is 9.97. The molecule has 1 N–H and O–H groups in total. The van der Waals surface area contributed by atoms with Crippen LogP contribution in [0.25, 0.3) is 11.0 Å². The van der Waals surface area contributed by atoms with Gasteiger partial charge in [-0.25, -0.2) is 15.0 Å². The lowest BCUT2D eigenvalue weighted by Crippen LogP contribution is -2.37. The van der Waals surface area contributed by atoms with Crippen LogP contribution in [0.5, 0.6) is 0 Å². The smallest absolute Gasteiger partial charge is 0.225 e. The highest BCUT2D eigenvalue weighted by atomic mass is 16.5. The van der Waals surface area contributed by atoms with E-state index in [0.29, 0.717) is 5.92 Å². The van der Waals surface area contributed by atoms with E-state index >= 15 is 0 Å². The number of benzene rings is 1. The highest BCUT2D eigenvalue weighted by Gasteiger charge is 2.24. The highest BCUT2D eigenvalue weighted by Crippen LogP contribution is 2.27. The van der Waals surface area contributed by atoms with E-state index in [2.05, 4.69) is 43.0 Å². The van der Waals surface area contributed by atoms with Crippen molar-refractivity contribution in [1.29, 1.82) is 0 Å². The lowest BCUT2D eigenvalue weighted by molar-refractivity contribution is 0.122. The minimum atomic E-state index is 0.453. The number of anilines is 1. The molecule has 1 aromatic carbocycles. The molecule has 2 aliphatic heterocycles. The van der Waals surface area contributed by atoms with Crippen molar-refractivity contribution >= 4 is 17.0 Å². The zero-order valence-electron chi connectivity index (χ0n) is 16.0. The van der Waals surface area contributed by atoms with Crippen molar-refractivity contribution in [1.82, 2.24) is 24.8 Å². The summed E-state index contributed by atoms with van der Waals surface area (Å²) in [6.45, 7) is 6.26. The van der Waals surface area contributed by atoms with Crippen LogP contribution in [0.1, 0.15) is 30.1 Å². The summed E-state index contributed by atoms with van der Waals surface area (Å²) in [6, 6.07) is 8.27. The molecule has 146 valence electrons. The van der Waals surface area contributed by atoms with Crippen LogP contribution in [0, 0.1) is 0 Å². The van der Waals surface area contributed by atoms with Crippen LogP contribution in [0.3, 0.4) is 0 Å². The predicted octanol–water partition coefficient (Wildman–Crippen LogP) is 2.57. The first kappa shape index (κ1) is 17.6. The fourth-order valence-electron chi connectivity index (χ4n) is 4.20. The lowest BCUT2D eigenvalue weighted by Gasteiger charge is -2.31. The Morgan fingerprint density at radius 3 is 2.71 bits per heavy atom. The van der Waals surface area contributed by atoms with Crippen molar-refractivity contribution in [2.24, 2.45) is 0 Å². The van der Waals surface area contributed by atoms with Crippen molar-refractivity contribution in [3.63, 3.8) is 0 Å². The van der Waals surface area contributed by atoms with Gasteiger partial charge >= 0.3 is 0 Å². The quantitative estimate of drug-likeness (QED) is 0.752. The Bertz CT molecular complexity index is 885. The molecule has 1 atom stereocenters. The number of H-pyrrole nitrogens is 1. The van der Waals surface area contributed by atoms with Crippen molar-refractivity contribution in [3.05, 3.63) is 48.0 Å². The zero-order valence-corrected chi connectivity index (χ0v) is 16.0. The number of rotatable bonds is 4. The minimum Gasteiger partial charge on any atom is -0.378 e. The molecule has 0 amide bonds. The second-order valence-corrected chi connectivity index (χ2v) is 7.70. The fourth-order valence-corrected chi connectivity index (χ4v) is 4.20. The Hall–Kier alpha value is -2.51. The summed E-state index contributed by atoms with van der Waals surface area (Å²) < 4.78 is 5.40. The minimum absolute atomic E-state index is 0.453. The number of imidazole rings is 1. The number of nitrogens with zero attached hydrogens (tertiary/aromatic N) is 5. The third kappa shape index (κ3) is 3.72. The monoisotopic (exact) mass is 378 g/mol. The van der Waals surface area contributed by atoms with Crippen LogP contribution in [0.4, 0.5) is 5.95 Å². The second kappa shape index (κ2) is 7.85. The number of aromatic nitrogens is 4. The molecule has 28 heavy (non-hydrogen) atoms. The second-order valence-electron chi connectivity index (χ2n) is 7.70. The molecule has 2 aliphatic rings. The van der Waals surface area contributed by atoms with Gasteiger partial charge in [-0.2, -0.15) is 0 Å². The maximum absolute atomic E-state index is 5.40. The Kier molecular flexibility index (Phi) is 4.93. The molecule has 5 rings (SSSR count). The van der Waals surface area contributed by atoms with Gasteiger partial charge in [-0.05, 0) is 31.5 Å². The van der Waals surface area contributed by atoms with Gasteiger partial charge in [0.2, 0.25) is 5.95 Å². The molecule has 3 aromatic rings. The molecule has 0 saturated carbocycles. The van der Waals surface area contributed by atoms with Crippen LogP contribution in [0.2, 0.25) is 0 Å². The molecule has 0 spiro atoms. The Morgan fingerprint density at radius 2 is 1.89 bits per heavy atom. The number of hydrogen-bond acceptors (Lipinski definition) is 6. The summed E-state index contributed by atoms with van der Waals surface area (Å²) in [5.41, 5.74) is 3.35. The summed E-state index contributed by atoms with van der Waals surface area (Å²) in [6.07, 6.45) is 6.32. The van der Waals surface area contributed by atoms with E-state index < -0.39 is 0 Å². The molecule has 2 saturated heterocycles. The van der Waals surface area contributed by atoms with E-state index in [9.17, 15) is 0 Å². The van der Waals surface area contributed by atoms with Gasteiger partial charge < -0.3 is 14.6 Å². The number of likely N-dealkylation sites (tertiary alicyclic amines) is 1. The number of piperidine rings is 1. The van der Waals surface area contributed by atoms with Crippen molar-refractivity contribution in [2.45, 2.75) is 25.3 Å². The Balaban J connectivity index is 1.24. The first-order chi connectivity index (χ1) is 13.8. The first-order valence-corrected chi connectivity index (χ1v) is 10.2. The molecule has 7 nitrogen and oxygen atoms in total. The van der Waals surface area contributed by atoms with E-state index in [4.69, 9.17) is 9.72 Å². The molecule has 4 heterocycles. The third-order valence-corrected chi connectivity index (χ3v) is 5.69. The van der Waals surface area contributed by atoms with Gasteiger partial charge in [0.25, 0.3) is 0 Å². The average molecular weight is 378 g/mol. The van der Waals surface area contributed by atoms with Gasteiger partial charge in [-0.15, -0.1) is 0 Å². The fraction of sp³-hybridized carbons (Fsp3) is 0.476. The van der Waals surface area contributed by atoms with Gasteiger partial charge in [0, 0.05) is 50.1 Å². The normalized spacial score (nSPS) is 21.3. The molecule has 0 bridgehead atoms. The highest BCUT2D eigenvalue weighted by molar-refractivity contribution is 5.74. The number of fused-ring (bicyclic) bond motifs is 1. The number of morpholine rings is 1. The van der Waals surface area contributed by atoms with Crippen LogP contribution >= 0.6 is 0 Å². The molecule has 7 heteroatoms. The summed E-state index contributed by atoms with van der Waals surface area (Å²) in [5.74, 6) is 2.38. The number of nitrogens with one attached hydrogen (secondary N) is 1. The van der Waals surface area contributed by atoms with Crippen LogP contribution in [-0.2, 0) is 11.3 Å². The largest absolute Gasteiger partial charge is 0.378 e. The standard InChI is InChI=1S/C21H26N6O/c1-2-6-19-18(5-1)24-20(25-19)17-4-3-7-26(15-17)14-16-12-22-21(23-13-16)27-8-10-28-11-9-27/h1-2,5-6,12-13,17H,3-4,7-11,14-15H2,(H,24,25). The number of hydrogen-bond donors (Lipinski definition) is 1. The van der Waals surface area contributed by atoms with Crippen LogP contribution < -0.4 is 4.90 Å². The Labute approximate surface area is 164 Å². The van der Waals surface area contributed by atoms with Gasteiger partial charge in [0.1, 0.15) is 5.82 Å². The van der Waals surface area contributed by atoms with Gasteiger partial charge in [0.15, 0.2) is 0 Å². The Morgan fingerprint density at radius 1 is 1.07 bits per heavy atom. The zero-order chi connectivity index (χ0) is 18.8. The average Bonchev–Trinajstić information content (AvgIpc) is 3.20. The number of para-hydroxylation sites is 2. The van der Waals surface area contributed by atoms with Crippen LogP contribution in [-0.4, -0.2) is 64.2 Å². The SMILES string of the molecule is c1ccc2[nH]c(C3CCCN(Cc4cnc(N5CCOCC5)nc4)C3)nc2c1. The molecule has 0 aliphatic carbocycles. The predicted molar refractivity (Wildman–Crippen MR) is 108 cm³/mol. The summed E-state index contributed by atoms with van der Waals surface area (Å²) in [5, 5.41) is 0. The van der Waals surface area contributed by atoms with E-state index in [0.717, 1.165) is 68.7 Å². The summed E-state index contributed by atoms with van der Waals surface area (Å²) in [7, 11) is 0. The maximum Gasteiger partial charge on any atom is 0.225 e. The number of ether oxygens (including phenoxy) is 1. The molecular formula is C21H26N6O. The topological polar surface area (TPSA) is 70.2 Å². The van der Waals surface area contributed by atoms with Crippen LogP contribution in [0.15, 0.2) is 36.7 Å². The van der Waals surface area contributed by atoms with E-state index in [-0.39, 0.29) is 0 Å². The van der Waals surface area contributed by atoms with Crippen molar-refractivity contribution in [3.8, 4) is 0 Å². The van der Waals surface area contributed by atoms with E-state index in [1.54, 1.807) is 0 Å². The summed E-state index contributed by atoms with van der Waals surface area (Å²) >= 11 is 0. The van der Waals surface area contributed by atoms with Crippen molar-refractivity contribution in [2.75, 3.05) is 44.3 Å². The third-order valence-electron chi connectivity index (χ3n) is 5.69. The molecular weight excluding hydrogens is 352 g/mol. The van der Waals surface area contributed by atoms with Crippen molar-refractivity contribution < 1.29 is 4.74 Å². The maximum atomic E-state index is 5.40. The van der Waals surface area contributed by atoms with Gasteiger partial charge in [-0.3, -0.25) is 4.90 Å².